The molecular weight excluding hydrogens is 246 g/mol. The maximum Gasteiger partial charge on any atom is 0.229 e. The number of carbonyl (C=O) groups excluding carboxylic acids is 1. The predicted octanol–water partition coefficient (Wildman–Crippen LogP) is 1.94. The second kappa shape index (κ2) is 4.03. The predicted molar refractivity (Wildman–Crippen MR) is 72.6 cm³/mol. The molecule has 18 heavy (non-hydrogen) atoms. The van der Waals surface area contributed by atoms with Crippen LogP contribution in [0, 0.1) is 11.3 Å². The van der Waals surface area contributed by atoms with Crippen LogP contribution >= 0.6 is 11.3 Å². The number of carbonyl (C=O) groups is 1. The molecule has 1 saturated carbocycles. The van der Waals surface area contributed by atoms with Gasteiger partial charge in [-0.3, -0.25) is 4.79 Å². The summed E-state index contributed by atoms with van der Waals surface area (Å²) in [6.07, 6.45) is 3.82. The van der Waals surface area contributed by atoms with Crippen molar-refractivity contribution in [3.63, 3.8) is 0 Å². The van der Waals surface area contributed by atoms with Gasteiger partial charge in [0.15, 0.2) is 5.13 Å². The molecule has 1 heterocycles. The van der Waals surface area contributed by atoms with Gasteiger partial charge >= 0.3 is 0 Å². The van der Waals surface area contributed by atoms with E-state index in [1.165, 1.54) is 4.88 Å². The highest BCUT2D eigenvalue weighted by Gasteiger charge is 2.50. The summed E-state index contributed by atoms with van der Waals surface area (Å²) in [5, 5.41) is 3.71. The summed E-state index contributed by atoms with van der Waals surface area (Å²) in [6, 6.07) is 0.254. The number of hydrogen-bond donors (Lipinski definition) is 2. The Kier molecular flexibility index (Phi) is 2.71. The van der Waals surface area contributed by atoms with Crippen LogP contribution in [-0.2, 0) is 17.6 Å². The lowest BCUT2D eigenvalue weighted by atomic mass is 9.99. The van der Waals surface area contributed by atoms with Crippen molar-refractivity contribution in [1.29, 1.82) is 0 Å². The summed E-state index contributed by atoms with van der Waals surface area (Å²) in [6.45, 7) is 4.26. The molecule has 0 aliphatic heterocycles. The number of aryl methyl sites for hydroxylation is 1. The number of nitrogens with zero attached hydrogens (tertiary/aromatic N) is 1. The van der Waals surface area contributed by atoms with Gasteiger partial charge in [-0.15, -0.1) is 11.3 Å². The van der Waals surface area contributed by atoms with Gasteiger partial charge in [-0.1, -0.05) is 13.8 Å². The van der Waals surface area contributed by atoms with Crippen LogP contribution in [0.5, 0.6) is 0 Å². The molecule has 2 aliphatic carbocycles. The standard InChI is InChI=1S/C13H19N3OS/c1-13(2)6-8(13)11(17)16-12-15-9-4-3-7(14)5-10(9)18-12/h7-8H,3-6,14H2,1-2H3,(H,15,16,17)/t7-,8?/m0/s1. The maximum atomic E-state index is 12.0. The van der Waals surface area contributed by atoms with Crippen molar-refractivity contribution in [1.82, 2.24) is 4.98 Å². The second-order valence-electron chi connectivity index (χ2n) is 6.13. The average Bonchev–Trinajstić information content (AvgIpc) is 2.76. The Morgan fingerprint density at radius 1 is 1.56 bits per heavy atom. The number of hydrogen-bond acceptors (Lipinski definition) is 4. The second-order valence-corrected chi connectivity index (χ2v) is 7.21. The first-order chi connectivity index (χ1) is 8.45. The molecule has 0 aromatic carbocycles. The van der Waals surface area contributed by atoms with Crippen molar-refractivity contribution in [3.8, 4) is 0 Å². The zero-order valence-electron chi connectivity index (χ0n) is 10.8. The smallest absolute Gasteiger partial charge is 0.229 e. The van der Waals surface area contributed by atoms with Crippen LogP contribution in [0.2, 0.25) is 0 Å². The third kappa shape index (κ3) is 2.17. The first-order valence-electron chi connectivity index (χ1n) is 6.51. The molecule has 3 rings (SSSR count). The van der Waals surface area contributed by atoms with Gasteiger partial charge in [-0.05, 0) is 31.1 Å². The van der Waals surface area contributed by atoms with E-state index in [4.69, 9.17) is 5.73 Å². The molecule has 3 N–H and O–H groups in total. The van der Waals surface area contributed by atoms with Gasteiger partial charge in [-0.2, -0.15) is 0 Å². The average molecular weight is 265 g/mol. The zero-order valence-corrected chi connectivity index (χ0v) is 11.6. The lowest BCUT2D eigenvalue weighted by molar-refractivity contribution is -0.117. The third-order valence-corrected chi connectivity index (χ3v) is 5.07. The zero-order chi connectivity index (χ0) is 12.9. The van der Waals surface area contributed by atoms with Crippen molar-refractivity contribution in [2.24, 2.45) is 17.1 Å². The summed E-state index contributed by atoms with van der Waals surface area (Å²) >= 11 is 1.59. The molecule has 1 unspecified atom stereocenters. The molecule has 0 spiro atoms. The topological polar surface area (TPSA) is 68.0 Å². The lowest BCUT2D eigenvalue weighted by Crippen LogP contribution is -2.27. The minimum Gasteiger partial charge on any atom is -0.327 e. The van der Waals surface area contributed by atoms with E-state index in [0.29, 0.717) is 0 Å². The number of nitrogens with one attached hydrogen (secondary N) is 1. The minimum absolute atomic E-state index is 0.121. The van der Waals surface area contributed by atoms with Crippen molar-refractivity contribution in [2.45, 2.75) is 45.6 Å². The molecule has 0 saturated heterocycles. The van der Waals surface area contributed by atoms with Gasteiger partial charge in [-0.25, -0.2) is 4.98 Å². The van der Waals surface area contributed by atoms with E-state index in [-0.39, 0.29) is 23.3 Å². The molecule has 4 nitrogen and oxygen atoms in total. The fourth-order valence-corrected chi connectivity index (χ4v) is 3.66. The Hall–Kier alpha value is -0.940. The first-order valence-corrected chi connectivity index (χ1v) is 7.32. The van der Waals surface area contributed by atoms with E-state index in [1.807, 2.05) is 0 Å². The van der Waals surface area contributed by atoms with E-state index in [1.54, 1.807) is 11.3 Å². The van der Waals surface area contributed by atoms with Crippen molar-refractivity contribution >= 4 is 22.4 Å². The Labute approximate surface area is 111 Å². The van der Waals surface area contributed by atoms with E-state index < -0.39 is 0 Å². The number of aromatic nitrogens is 1. The largest absolute Gasteiger partial charge is 0.327 e. The van der Waals surface area contributed by atoms with Crippen LogP contribution < -0.4 is 11.1 Å². The molecular formula is C13H19N3OS. The normalized spacial score (nSPS) is 28.6. The van der Waals surface area contributed by atoms with Gasteiger partial charge < -0.3 is 11.1 Å². The van der Waals surface area contributed by atoms with Gasteiger partial charge in [0.25, 0.3) is 0 Å². The van der Waals surface area contributed by atoms with Crippen LogP contribution in [0.25, 0.3) is 0 Å². The Morgan fingerprint density at radius 3 is 2.94 bits per heavy atom. The summed E-state index contributed by atoms with van der Waals surface area (Å²) < 4.78 is 0. The maximum absolute atomic E-state index is 12.0. The van der Waals surface area contributed by atoms with Crippen LogP contribution in [0.15, 0.2) is 0 Å². The SMILES string of the molecule is CC1(C)CC1C(=O)Nc1nc2c(s1)C[C@@H](N)CC2. The summed E-state index contributed by atoms with van der Waals surface area (Å²) in [4.78, 5) is 17.8. The lowest BCUT2D eigenvalue weighted by Gasteiger charge is -2.15. The van der Waals surface area contributed by atoms with Gasteiger partial charge in [0.05, 0.1) is 5.69 Å². The molecule has 0 bridgehead atoms. The van der Waals surface area contributed by atoms with Crippen LogP contribution in [0.4, 0.5) is 5.13 Å². The highest BCUT2D eigenvalue weighted by atomic mass is 32.1. The monoisotopic (exact) mass is 265 g/mol. The molecule has 5 heteroatoms. The van der Waals surface area contributed by atoms with Crippen LogP contribution in [0.1, 0.15) is 37.3 Å². The molecule has 1 aromatic rings. The van der Waals surface area contributed by atoms with E-state index in [0.717, 1.165) is 36.5 Å². The molecule has 1 aromatic heterocycles. The molecule has 2 aliphatic rings. The Morgan fingerprint density at radius 2 is 2.28 bits per heavy atom. The molecule has 2 atom stereocenters. The van der Waals surface area contributed by atoms with Crippen LogP contribution in [0.3, 0.4) is 0 Å². The highest BCUT2D eigenvalue weighted by molar-refractivity contribution is 7.15. The molecule has 0 radical (unpaired) electrons. The molecule has 1 amide bonds. The van der Waals surface area contributed by atoms with Gasteiger partial charge in [0, 0.05) is 16.8 Å². The first kappa shape index (κ1) is 12.1. The third-order valence-electron chi connectivity index (χ3n) is 4.04. The number of rotatable bonds is 2. The number of amides is 1. The fourth-order valence-electron chi connectivity index (χ4n) is 2.56. The van der Waals surface area contributed by atoms with Crippen LogP contribution in [-0.4, -0.2) is 16.9 Å². The van der Waals surface area contributed by atoms with Crippen molar-refractivity contribution < 1.29 is 4.79 Å². The summed E-state index contributed by atoms with van der Waals surface area (Å²) in [7, 11) is 0. The summed E-state index contributed by atoms with van der Waals surface area (Å²) in [5.41, 5.74) is 7.25. The van der Waals surface area contributed by atoms with Gasteiger partial charge in [0.1, 0.15) is 0 Å². The van der Waals surface area contributed by atoms with E-state index >= 15 is 0 Å². The number of thiazole rings is 1. The minimum atomic E-state index is 0.121. The quantitative estimate of drug-likeness (QED) is 0.858. The van der Waals surface area contributed by atoms with Gasteiger partial charge in [0.2, 0.25) is 5.91 Å². The molecule has 1 fully saturated rings. The Bertz CT molecular complexity index is 494. The van der Waals surface area contributed by atoms with E-state index in [9.17, 15) is 4.79 Å². The van der Waals surface area contributed by atoms with Crippen molar-refractivity contribution in [3.05, 3.63) is 10.6 Å². The number of anilines is 1. The summed E-state index contributed by atoms with van der Waals surface area (Å²) in [5.74, 6) is 0.274. The van der Waals surface area contributed by atoms with Crippen molar-refractivity contribution in [2.75, 3.05) is 5.32 Å². The number of nitrogens with two attached hydrogens (primary N) is 1. The molecule has 98 valence electrons. The Balaban J connectivity index is 1.69. The fraction of sp³-hybridized carbons (Fsp3) is 0.692. The highest BCUT2D eigenvalue weighted by Crippen LogP contribution is 2.52. The van der Waals surface area contributed by atoms with E-state index in [2.05, 4.69) is 24.1 Å². The number of fused-ring (bicyclic) bond motifs is 1.